The number of unbranched alkanes of at least 4 members (excludes halogenated alkanes) is 1. The number of carbonyl (C=O) groups is 1. The quantitative estimate of drug-likeness (QED) is 0.397. The second-order valence-corrected chi connectivity index (χ2v) is 3.01. The lowest BCUT2D eigenvalue weighted by atomic mass is 10.1. The van der Waals surface area contributed by atoms with Crippen LogP contribution in [0.25, 0.3) is 0 Å². The maximum absolute atomic E-state index is 10.6. The van der Waals surface area contributed by atoms with Crippen molar-refractivity contribution in [3.05, 3.63) is 0 Å². The Labute approximate surface area is 78.8 Å². The van der Waals surface area contributed by atoms with Crippen LogP contribution < -0.4 is 0 Å². The third kappa shape index (κ3) is 6.40. The summed E-state index contributed by atoms with van der Waals surface area (Å²) in [6.07, 6.45) is 3.56. The molecule has 0 rings (SSSR count). The van der Waals surface area contributed by atoms with Crippen LogP contribution in [-0.4, -0.2) is 17.5 Å². The van der Waals surface area contributed by atoms with Gasteiger partial charge in [0, 0.05) is 0 Å². The van der Waals surface area contributed by atoms with E-state index in [2.05, 4.69) is 11.8 Å². The van der Waals surface area contributed by atoms with Crippen LogP contribution in [0.1, 0.15) is 46.0 Å². The average molecular weight is 190 g/mol. The molecule has 0 aromatic rings. The minimum Gasteiger partial charge on any atom is -0.429 e. The summed E-state index contributed by atoms with van der Waals surface area (Å²) in [7, 11) is 0. The summed E-state index contributed by atoms with van der Waals surface area (Å²) in [5.41, 5.74) is 0. The van der Waals surface area contributed by atoms with Crippen LogP contribution >= 0.6 is 0 Å². The number of hydrogen-bond donors (Lipinski definition) is 1. The van der Waals surface area contributed by atoms with Crippen molar-refractivity contribution in [3.8, 4) is 0 Å². The third-order valence-electron chi connectivity index (χ3n) is 1.83. The Kier molecular flexibility index (Phi) is 7.39. The second-order valence-electron chi connectivity index (χ2n) is 3.01. The van der Waals surface area contributed by atoms with Crippen LogP contribution in [-0.2, 0) is 9.62 Å². The summed E-state index contributed by atoms with van der Waals surface area (Å²) in [6, 6.07) is 0. The van der Waals surface area contributed by atoms with Gasteiger partial charge in [-0.05, 0) is 12.8 Å². The number of carbonyl (C=O) groups excluding carboxylic acids is 1. The minimum absolute atomic E-state index is 0.121. The predicted molar refractivity (Wildman–Crippen MR) is 48.4 cm³/mol. The van der Waals surface area contributed by atoms with Gasteiger partial charge in [0.15, 0.2) is 0 Å². The van der Waals surface area contributed by atoms with E-state index < -0.39 is 6.16 Å². The van der Waals surface area contributed by atoms with Crippen LogP contribution in [0.15, 0.2) is 0 Å². The van der Waals surface area contributed by atoms with Crippen molar-refractivity contribution in [1.29, 1.82) is 0 Å². The smallest absolute Gasteiger partial charge is 0.429 e. The van der Waals surface area contributed by atoms with Crippen LogP contribution in [0.3, 0.4) is 0 Å². The summed E-state index contributed by atoms with van der Waals surface area (Å²) in [4.78, 5) is 14.0. The number of hydrogen-bond acceptors (Lipinski definition) is 4. The first-order chi connectivity index (χ1) is 6.24. The van der Waals surface area contributed by atoms with Crippen LogP contribution in [0, 0.1) is 0 Å². The van der Waals surface area contributed by atoms with Crippen molar-refractivity contribution in [2.75, 3.05) is 0 Å². The molecule has 4 nitrogen and oxygen atoms in total. The highest BCUT2D eigenvalue weighted by Crippen LogP contribution is 2.11. The minimum atomic E-state index is -1.01. The molecule has 0 spiro atoms. The van der Waals surface area contributed by atoms with Crippen molar-refractivity contribution in [2.24, 2.45) is 0 Å². The van der Waals surface area contributed by atoms with Gasteiger partial charge in [-0.1, -0.05) is 33.1 Å². The van der Waals surface area contributed by atoms with Crippen LogP contribution in [0.5, 0.6) is 0 Å². The molecule has 0 heterocycles. The van der Waals surface area contributed by atoms with Crippen LogP contribution in [0.2, 0.25) is 0 Å². The van der Waals surface area contributed by atoms with Gasteiger partial charge in [-0.2, -0.15) is 5.26 Å². The molecule has 0 fully saturated rings. The van der Waals surface area contributed by atoms with E-state index in [4.69, 9.17) is 9.99 Å². The zero-order valence-electron chi connectivity index (χ0n) is 8.28. The Morgan fingerprint density at radius 2 is 2.00 bits per heavy atom. The lowest BCUT2D eigenvalue weighted by molar-refractivity contribution is -0.205. The number of ether oxygens (including phenoxy) is 1. The van der Waals surface area contributed by atoms with Gasteiger partial charge in [0.25, 0.3) is 0 Å². The molecule has 1 atom stereocenters. The van der Waals surface area contributed by atoms with E-state index in [9.17, 15) is 4.79 Å². The fraction of sp³-hybridized carbons (Fsp3) is 0.889. The fourth-order valence-electron chi connectivity index (χ4n) is 1.17. The van der Waals surface area contributed by atoms with E-state index in [1.807, 2.05) is 6.92 Å². The maximum Gasteiger partial charge on any atom is 0.540 e. The molecule has 0 saturated carbocycles. The molecule has 0 aliphatic rings. The van der Waals surface area contributed by atoms with Gasteiger partial charge < -0.3 is 4.74 Å². The molecule has 0 amide bonds. The van der Waals surface area contributed by atoms with Crippen molar-refractivity contribution < 1.29 is 19.7 Å². The first kappa shape index (κ1) is 12.2. The molecule has 0 aliphatic heterocycles. The Bertz CT molecular complexity index is 136. The van der Waals surface area contributed by atoms with Gasteiger partial charge >= 0.3 is 6.16 Å². The Morgan fingerprint density at radius 1 is 1.31 bits per heavy atom. The zero-order valence-corrected chi connectivity index (χ0v) is 8.28. The van der Waals surface area contributed by atoms with Gasteiger partial charge in [-0.25, -0.2) is 4.79 Å². The van der Waals surface area contributed by atoms with E-state index >= 15 is 0 Å². The Morgan fingerprint density at radius 3 is 2.46 bits per heavy atom. The molecule has 4 heteroatoms. The molecular weight excluding hydrogens is 172 g/mol. The topological polar surface area (TPSA) is 55.8 Å². The van der Waals surface area contributed by atoms with Gasteiger partial charge in [0.05, 0.1) is 0 Å². The molecule has 0 bridgehead atoms. The second kappa shape index (κ2) is 7.86. The van der Waals surface area contributed by atoms with Crippen LogP contribution in [0.4, 0.5) is 4.79 Å². The first-order valence-corrected chi connectivity index (χ1v) is 4.76. The molecule has 0 saturated heterocycles. The summed E-state index contributed by atoms with van der Waals surface area (Å²) in [5, 5.41) is 8.00. The molecule has 1 unspecified atom stereocenters. The monoisotopic (exact) mass is 190 g/mol. The standard InChI is InChI=1S/C9H18O4/c1-3-5-7-8(6-4-2)12-9(10)13-11/h8,11H,3-7H2,1-2H3. The van der Waals surface area contributed by atoms with Gasteiger partial charge in [0.2, 0.25) is 0 Å². The third-order valence-corrected chi connectivity index (χ3v) is 1.83. The normalized spacial score (nSPS) is 12.2. The molecule has 0 aromatic heterocycles. The molecule has 0 aliphatic carbocycles. The SMILES string of the molecule is CCCCC(CCC)OC(=O)OO. The molecular formula is C9H18O4. The van der Waals surface area contributed by atoms with Crippen molar-refractivity contribution in [1.82, 2.24) is 0 Å². The average Bonchev–Trinajstić information content (AvgIpc) is 2.14. The summed E-state index contributed by atoms with van der Waals surface area (Å²) < 4.78 is 4.83. The van der Waals surface area contributed by atoms with Crippen molar-refractivity contribution >= 4 is 6.16 Å². The lowest BCUT2D eigenvalue weighted by Gasteiger charge is -2.14. The van der Waals surface area contributed by atoms with E-state index in [0.29, 0.717) is 0 Å². The Hall–Kier alpha value is -0.770. The predicted octanol–water partition coefficient (Wildman–Crippen LogP) is 2.97. The van der Waals surface area contributed by atoms with Gasteiger partial charge in [-0.3, -0.25) is 4.89 Å². The summed E-state index contributed by atoms with van der Waals surface area (Å²) >= 11 is 0. The highest BCUT2D eigenvalue weighted by Gasteiger charge is 2.13. The van der Waals surface area contributed by atoms with E-state index in [-0.39, 0.29) is 6.10 Å². The summed E-state index contributed by atoms with van der Waals surface area (Å²) in [5.74, 6) is 0. The zero-order chi connectivity index (χ0) is 10.1. The number of rotatable bonds is 6. The summed E-state index contributed by atoms with van der Waals surface area (Å²) in [6.45, 7) is 4.10. The van der Waals surface area contributed by atoms with E-state index in [0.717, 1.165) is 32.1 Å². The van der Waals surface area contributed by atoms with Gasteiger partial charge in [-0.15, -0.1) is 0 Å². The van der Waals surface area contributed by atoms with E-state index in [1.54, 1.807) is 0 Å². The fourth-order valence-corrected chi connectivity index (χ4v) is 1.17. The molecule has 78 valence electrons. The molecule has 13 heavy (non-hydrogen) atoms. The largest absolute Gasteiger partial charge is 0.540 e. The first-order valence-electron chi connectivity index (χ1n) is 4.76. The van der Waals surface area contributed by atoms with E-state index in [1.165, 1.54) is 0 Å². The molecule has 0 radical (unpaired) electrons. The lowest BCUT2D eigenvalue weighted by Crippen LogP contribution is -2.18. The van der Waals surface area contributed by atoms with Gasteiger partial charge in [0.1, 0.15) is 6.10 Å². The highest BCUT2D eigenvalue weighted by atomic mass is 17.1. The highest BCUT2D eigenvalue weighted by molar-refractivity contribution is 5.59. The van der Waals surface area contributed by atoms with Crippen molar-refractivity contribution in [2.45, 2.75) is 52.1 Å². The molecule has 0 aromatic carbocycles. The molecule has 1 N–H and O–H groups in total. The Balaban J connectivity index is 3.71. The van der Waals surface area contributed by atoms with Crippen molar-refractivity contribution in [3.63, 3.8) is 0 Å². The maximum atomic E-state index is 10.6.